The number of nitrogens with zero attached hydrogens (tertiary/aromatic N) is 2. The lowest BCUT2D eigenvalue weighted by molar-refractivity contribution is 0.304. The monoisotopic (exact) mass is 221 g/mol. The largest absolute Gasteiger partial charge is 0.339 e. The first-order chi connectivity index (χ1) is 7.51. The summed E-state index contributed by atoms with van der Waals surface area (Å²) in [6.07, 6.45) is 2.27. The normalized spacial score (nSPS) is 36.6. The molecule has 2 heterocycles. The molecule has 2 atom stereocenters. The molecular formula is C12H19N3O. The lowest BCUT2D eigenvalue weighted by Crippen LogP contribution is -2.25. The van der Waals surface area contributed by atoms with Crippen LogP contribution >= 0.6 is 0 Å². The Bertz CT molecular complexity index is 404. The Morgan fingerprint density at radius 3 is 2.69 bits per heavy atom. The van der Waals surface area contributed by atoms with Crippen molar-refractivity contribution in [2.45, 2.75) is 44.9 Å². The van der Waals surface area contributed by atoms with Gasteiger partial charge in [0.05, 0.1) is 5.41 Å². The predicted octanol–water partition coefficient (Wildman–Crippen LogP) is 1.83. The third-order valence-corrected chi connectivity index (χ3v) is 4.15. The first-order valence-corrected chi connectivity index (χ1v) is 6.06. The predicted molar refractivity (Wildman–Crippen MR) is 60.3 cm³/mol. The van der Waals surface area contributed by atoms with E-state index >= 15 is 0 Å². The Morgan fingerprint density at radius 2 is 2.12 bits per heavy atom. The molecule has 0 aromatic carbocycles. The molecule has 88 valence electrons. The van der Waals surface area contributed by atoms with Crippen molar-refractivity contribution >= 4 is 0 Å². The molecule has 1 saturated carbocycles. The van der Waals surface area contributed by atoms with Gasteiger partial charge in [-0.15, -0.1) is 0 Å². The lowest BCUT2D eigenvalue weighted by atomic mass is 9.90. The van der Waals surface area contributed by atoms with Crippen LogP contribution in [0.4, 0.5) is 0 Å². The Labute approximate surface area is 95.8 Å². The van der Waals surface area contributed by atoms with Crippen LogP contribution in [0.2, 0.25) is 0 Å². The standard InChI is InChI=1S/C12H19N3O/c1-11(2)6-8(11)9-14-10(16-15-9)12(3)4-5-13-7-12/h8,13H,4-7H2,1-3H3. The van der Waals surface area contributed by atoms with Gasteiger partial charge in [-0.1, -0.05) is 19.0 Å². The fourth-order valence-electron chi connectivity index (χ4n) is 2.53. The smallest absolute Gasteiger partial charge is 0.233 e. The summed E-state index contributed by atoms with van der Waals surface area (Å²) in [6, 6.07) is 0. The summed E-state index contributed by atoms with van der Waals surface area (Å²) in [4.78, 5) is 4.60. The number of hydrogen-bond donors (Lipinski definition) is 1. The quantitative estimate of drug-likeness (QED) is 0.827. The van der Waals surface area contributed by atoms with Crippen LogP contribution in [0.5, 0.6) is 0 Å². The Kier molecular flexibility index (Phi) is 1.97. The van der Waals surface area contributed by atoms with Gasteiger partial charge in [-0.25, -0.2) is 0 Å². The first-order valence-electron chi connectivity index (χ1n) is 6.06. The van der Waals surface area contributed by atoms with E-state index in [1.807, 2.05) is 0 Å². The molecule has 0 amide bonds. The van der Waals surface area contributed by atoms with Gasteiger partial charge in [0.25, 0.3) is 0 Å². The van der Waals surface area contributed by atoms with Gasteiger partial charge in [0.1, 0.15) is 0 Å². The molecule has 2 aliphatic rings. The highest BCUT2D eigenvalue weighted by atomic mass is 16.5. The lowest BCUT2D eigenvalue weighted by Gasteiger charge is -2.15. The van der Waals surface area contributed by atoms with Crippen molar-refractivity contribution < 1.29 is 4.52 Å². The SMILES string of the molecule is CC1(c2nc(C3CC3(C)C)no2)CCNC1. The van der Waals surface area contributed by atoms with E-state index in [2.05, 4.69) is 36.2 Å². The van der Waals surface area contributed by atoms with Gasteiger partial charge in [0.15, 0.2) is 5.82 Å². The van der Waals surface area contributed by atoms with Crippen molar-refractivity contribution in [3.05, 3.63) is 11.7 Å². The number of hydrogen-bond acceptors (Lipinski definition) is 4. The number of nitrogens with one attached hydrogen (secondary N) is 1. The average Bonchev–Trinajstić information content (AvgIpc) is 2.68. The highest BCUT2D eigenvalue weighted by Crippen LogP contribution is 2.57. The van der Waals surface area contributed by atoms with E-state index in [4.69, 9.17) is 4.52 Å². The van der Waals surface area contributed by atoms with Gasteiger partial charge in [0.2, 0.25) is 5.89 Å². The second kappa shape index (κ2) is 3.06. The van der Waals surface area contributed by atoms with Crippen LogP contribution in [-0.4, -0.2) is 23.2 Å². The fraction of sp³-hybridized carbons (Fsp3) is 0.833. The van der Waals surface area contributed by atoms with Gasteiger partial charge in [-0.05, 0) is 31.7 Å². The Balaban J connectivity index is 1.83. The molecule has 4 heteroatoms. The van der Waals surface area contributed by atoms with Crippen LogP contribution < -0.4 is 5.32 Å². The summed E-state index contributed by atoms with van der Waals surface area (Å²) < 4.78 is 5.45. The topological polar surface area (TPSA) is 51.0 Å². The minimum atomic E-state index is 0.0459. The maximum atomic E-state index is 5.45. The van der Waals surface area contributed by atoms with Gasteiger partial charge in [-0.2, -0.15) is 4.98 Å². The van der Waals surface area contributed by atoms with Crippen LogP contribution in [0.15, 0.2) is 4.52 Å². The molecular weight excluding hydrogens is 202 g/mol. The van der Waals surface area contributed by atoms with Crippen molar-refractivity contribution in [2.24, 2.45) is 5.41 Å². The highest BCUT2D eigenvalue weighted by Gasteiger charge is 2.50. The van der Waals surface area contributed by atoms with Crippen LogP contribution in [0.25, 0.3) is 0 Å². The zero-order chi connectivity index (χ0) is 11.4. The number of rotatable bonds is 2. The summed E-state index contributed by atoms with van der Waals surface area (Å²) in [5, 5.41) is 7.50. The molecule has 1 N–H and O–H groups in total. The molecule has 0 bridgehead atoms. The summed E-state index contributed by atoms with van der Waals surface area (Å²) >= 11 is 0. The molecule has 2 fully saturated rings. The van der Waals surface area contributed by atoms with Gasteiger partial charge >= 0.3 is 0 Å². The minimum absolute atomic E-state index is 0.0459. The van der Waals surface area contributed by atoms with E-state index in [0.29, 0.717) is 11.3 Å². The van der Waals surface area contributed by atoms with Crippen LogP contribution in [0.3, 0.4) is 0 Å². The van der Waals surface area contributed by atoms with Crippen molar-refractivity contribution in [3.8, 4) is 0 Å². The summed E-state index contributed by atoms with van der Waals surface area (Å²) in [6.45, 7) is 8.70. The maximum absolute atomic E-state index is 5.45. The summed E-state index contributed by atoms with van der Waals surface area (Å²) in [5.41, 5.74) is 0.417. The number of aromatic nitrogens is 2. The zero-order valence-corrected chi connectivity index (χ0v) is 10.2. The van der Waals surface area contributed by atoms with E-state index in [1.54, 1.807) is 0 Å². The van der Waals surface area contributed by atoms with Crippen molar-refractivity contribution in [3.63, 3.8) is 0 Å². The third kappa shape index (κ3) is 1.47. The summed E-state index contributed by atoms with van der Waals surface area (Å²) in [7, 11) is 0. The molecule has 3 rings (SSSR count). The first kappa shape index (κ1) is 10.3. The molecule has 4 nitrogen and oxygen atoms in total. The van der Waals surface area contributed by atoms with E-state index < -0.39 is 0 Å². The average molecular weight is 221 g/mol. The molecule has 1 aromatic heterocycles. The van der Waals surface area contributed by atoms with Crippen LogP contribution in [-0.2, 0) is 5.41 Å². The van der Waals surface area contributed by atoms with Crippen molar-refractivity contribution in [1.29, 1.82) is 0 Å². The van der Waals surface area contributed by atoms with Gasteiger partial charge < -0.3 is 9.84 Å². The van der Waals surface area contributed by atoms with E-state index in [1.165, 1.54) is 6.42 Å². The molecule has 1 aliphatic heterocycles. The minimum Gasteiger partial charge on any atom is -0.339 e. The summed E-state index contributed by atoms with van der Waals surface area (Å²) in [5.74, 6) is 2.23. The maximum Gasteiger partial charge on any atom is 0.233 e. The third-order valence-electron chi connectivity index (χ3n) is 4.15. The Morgan fingerprint density at radius 1 is 1.38 bits per heavy atom. The van der Waals surface area contributed by atoms with E-state index in [0.717, 1.165) is 31.2 Å². The molecule has 1 aromatic rings. The van der Waals surface area contributed by atoms with Crippen molar-refractivity contribution in [2.75, 3.05) is 13.1 Å². The van der Waals surface area contributed by atoms with Crippen LogP contribution in [0.1, 0.15) is 51.2 Å². The van der Waals surface area contributed by atoms with Gasteiger partial charge in [-0.3, -0.25) is 0 Å². The highest BCUT2D eigenvalue weighted by molar-refractivity contribution is 5.17. The molecule has 2 unspecified atom stereocenters. The molecule has 0 spiro atoms. The van der Waals surface area contributed by atoms with E-state index in [9.17, 15) is 0 Å². The van der Waals surface area contributed by atoms with Crippen molar-refractivity contribution in [1.82, 2.24) is 15.5 Å². The second-order valence-corrected chi connectivity index (χ2v) is 6.19. The molecule has 1 aliphatic carbocycles. The molecule has 0 radical (unpaired) electrons. The fourth-order valence-corrected chi connectivity index (χ4v) is 2.53. The molecule has 16 heavy (non-hydrogen) atoms. The van der Waals surface area contributed by atoms with E-state index in [-0.39, 0.29) is 5.41 Å². The Hall–Kier alpha value is -0.900. The molecule has 1 saturated heterocycles. The van der Waals surface area contributed by atoms with Crippen LogP contribution in [0, 0.1) is 5.41 Å². The zero-order valence-electron chi connectivity index (χ0n) is 10.2. The second-order valence-electron chi connectivity index (χ2n) is 6.19. The van der Waals surface area contributed by atoms with Gasteiger partial charge in [0, 0.05) is 12.5 Å².